The van der Waals surface area contributed by atoms with E-state index < -0.39 is 5.91 Å². The minimum Gasteiger partial charge on any atom is -0.455 e. The number of pyridine rings is 1. The van der Waals surface area contributed by atoms with Gasteiger partial charge in [0.15, 0.2) is 6.61 Å². The number of amides is 2. The molecule has 8 nitrogen and oxygen atoms in total. The molecule has 1 aliphatic heterocycles. The SMILES string of the molecule is CCC(CC)NC(=O)COC(=O)C1CCN(c2ccc(C(N)=O)cn2)CC1. The number of hydrogen-bond acceptors (Lipinski definition) is 6. The molecule has 2 amide bonds. The molecule has 27 heavy (non-hydrogen) atoms. The average Bonchev–Trinajstić information content (AvgIpc) is 2.70. The Labute approximate surface area is 159 Å². The van der Waals surface area contributed by atoms with Gasteiger partial charge in [0, 0.05) is 25.3 Å². The van der Waals surface area contributed by atoms with E-state index in [1.165, 1.54) is 6.20 Å². The fourth-order valence-corrected chi connectivity index (χ4v) is 3.08. The van der Waals surface area contributed by atoms with Crippen molar-refractivity contribution in [1.82, 2.24) is 10.3 Å². The molecular formula is C19H28N4O4. The van der Waals surface area contributed by atoms with Crippen molar-refractivity contribution in [3.8, 4) is 0 Å². The third kappa shape index (κ3) is 5.94. The van der Waals surface area contributed by atoms with Gasteiger partial charge in [-0.15, -0.1) is 0 Å². The summed E-state index contributed by atoms with van der Waals surface area (Å²) < 4.78 is 5.18. The molecule has 8 heteroatoms. The van der Waals surface area contributed by atoms with Gasteiger partial charge >= 0.3 is 5.97 Å². The van der Waals surface area contributed by atoms with E-state index >= 15 is 0 Å². The van der Waals surface area contributed by atoms with Crippen molar-refractivity contribution in [2.75, 3.05) is 24.6 Å². The van der Waals surface area contributed by atoms with Crippen LogP contribution in [0.4, 0.5) is 5.82 Å². The first-order valence-corrected chi connectivity index (χ1v) is 9.41. The second kappa shape index (κ2) is 9.89. The van der Waals surface area contributed by atoms with Gasteiger partial charge in [0.25, 0.3) is 5.91 Å². The van der Waals surface area contributed by atoms with Gasteiger partial charge in [-0.05, 0) is 37.8 Å². The maximum atomic E-state index is 12.2. The summed E-state index contributed by atoms with van der Waals surface area (Å²) in [6.07, 6.45) is 4.42. The number of esters is 1. The highest BCUT2D eigenvalue weighted by molar-refractivity contribution is 5.92. The van der Waals surface area contributed by atoms with Gasteiger partial charge < -0.3 is 20.7 Å². The lowest BCUT2D eigenvalue weighted by Gasteiger charge is -2.31. The molecule has 148 valence electrons. The summed E-state index contributed by atoms with van der Waals surface area (Å²) in [6, 6.07) is 3.51. The zero-order valence-electron chi connectivity index (χ0n) is 15.9. The van der Waals surface area contributed by atoms with Crippen LogP contribution in [0, 0.1) is 5.92 Å². The topological polar surface area (TPSA) is 115 Å². The van der Waals surface area contributed by atoms with Crippen LogP contribution >= 0.6 is 0 Å². The Kier molecular flexibility index (Phi) is 7.57. The van der Waals surface area contributed by atoms with Crippen LogP contribution in [0.5, 0.6) is 0 Å². The first-order valence-electron chi connectivity index (χ1n) is 9.41. The molecule has 1 aromatic heterocycles. The number of rotatable bonds is 8. The zero-order valence-corrected chi connectivity index (χ0v) is 15.9. The summed E-state index contributed by atoms with van der Waals surface area (Å²) in [5.41, 5.74) is 5.58. The van der Waals surface area contributed by atoms with Crippen molar-refractivity contribution in [1.29, 1.82) is 0 Å². The monoisotopic (exact) mass is 376 g/mol. The molecule has 0 aliphatic carbocycles. The van der Waals surface area contributed by atoms with Gasteiger partial charge in [0.2, 0.25) is 5.91 Å². The van der Waals surface area contributed by atoms with E-state index in [1.54, 1.807) is 12.1 Å². The van der Waals surface area contributed by atoms with Crippen LogP contribution in [0.1, 0.15) is 49.9 Å². The van der Waals surface area contributed by atoms with Crippen molar-refractivity contribution in [2.45, 2.75) is 45.6 Å². The van der Waals surface area contributed by atoms with Crippen molar-refractivity contribution >= 4 is 23.6 Å². The van der Waals surface area contributed by atoms with Crippen LogP contribution in [-0.2, 0) is 14.3 Å². The predicted octanol–water partition coefficient (Wildman–Crippen LogP) is 1.24. The number of carbonyl (C=O) groups excluding carboxylic acids is 3. The minimum atomic E-state index is -0.510. The minimum absolute atomic E-state index is 0.118. The molecule has 0 unspecified atom stereocenters. The normalized spacial score (nSPS) is 14.9. The van der Waals surface area contributed by atoms with E-state index in [4.69, 9.17) is 10.5 Å². The Bertz CT molecular complexity index is 650. The van der Waals surface area contributed by atoms with Gasteiger partial charge in [-0.1, -0.05) is 13.8 Å². The quantitative estimate of drug-likeness (QED) is 0.660. The summed E-state index contributed by atoms with van der Waals surface area (Å²) in [7, 11) is 0. The fourth-order valence-electron chi connectivity index (χ4n) is 3.08. The number of nitrogens with one attached hydrogen (secondary N) is 1. The molecule has 0 aromatic carbocycles. The van der Waals surface area contributed by atoms with Crippen molar-refractivity contribution < 1.29 is 19.1 Å². The number of piperidine rings is 1. The molecule has 1 aliphatic rings. The van der Waals surface area contributed by atoms with Gasteiger partial charge in [0.1, 0.15) is 5.82 Å². The summed E-state index contributed by atoms with van der Waals surface area (Å²) >= 11 is 0. The first-order chi connectivity index (χ1) is 12.9. The van der Waals surface area contributed by atoms with E-state index in [0.717, 1.165) is 18.7 Å². The van der Waals surface area contributed by atoms with Gasteiger partial charge in [-0.2, -0.15) is 0 Å². The predicted molar refractivity (Wildman–Crippen MR) is 101 cm³/mol. The highest BCUT2D eigenvalue weighted by atomic mass is 16.5. The van der Waals surface area contributed by atoms with Crippen LogP contribution in [-0.4, -0.2) is 48.5 Å². The number of carbonyl (C=O) groups is 3. The average molecular weight is 376 g/mol. The second-order valence-corrected chi connectivity index (χ2v) is 6.72. The highest BCUT2D eigenvalue weighted by Gasteiger charge is 2.27. The molecule has 0 radical (unpaired) electrons. The summed E-state index contributed by atoms with van der Waals surface area (Å²) in [5, 5.41) is 2.85. The second-order valence-electron chi connectivity index (χ2n) is 6.72. The number of aromatic nitrogens is 1. The summed E-state index contributed by atoms with van der Waals surface area (Å²) in [4.78, 5) is 41.4. The number of nitrogens with two attached hydrogens (primary N) is 1. The molecule has 0 spiro atoms. The Morgan fingerprint density at radius 2 is 1.93 bits per heavy atom. The summed E-state index contributed by atoms with van der Waals surface area (Å²) in [5.74, 6) is -0.563. The Hall–Kier alpha value is -2.64. The van der Waals surface area contributed by atoms with Gasteiger partial charge in [-0.3, -0.25) is 14.4 Å². The van der Waals surface area contributed by atoms with Gasteiger partial charge in [-0.25, -0.2) is 4.98 Å². The summed E-state index contributed by atoms with van der Waals surface area (Å²) in [6.45, 7) is 5.09. The Morgan fingerprint density at radius 1 is 1.26 bits per heavy atom. The molecule has 0 saturated carbocycles. The van der Waals surface area contributed by atoms with Crippen LogP contribution in [0.25, 0.3) is 0 Å². The van der Waals surface area contributed by atoms with E-state index in [9.17, 15) is 14.4 Å². The molecule has 3 N–H and O–H groups in total. The number of primary amides is 1. The van der Waals surface area contributed by atoms with E-state index in [0.29, 0.717) is 31.5 Å². The van der Waals surface area contributed by atoms with Crippen molar-refractivity contribution in [3.05, 3.63) is 23.9 Å². The fraction of sp³-hybridized carbons (Fsp3) is 0.579. The maximum absolute atomic E-state index is 12.2. The molecule has 0 atom stereocenters. The number of nitrogens with zero attached hydrogens (tertiary/aromatic N) is 2. The van der Waals surface area contributed by atoms with Crippen LogP contribution in [0.2, 0.25) is 0 Å². The molecule has 1 saturated heterocycles. The molecule has 1 aromatic rings. The Balaban J connectivity index is 1.76. The van der Waals surface area contributed by atoms with Crippen molar-refractivity contribution in [3.63, 3.8) is 0 Å². The number of hydrogen-bond donors (Lipinski definition) is 2. The van der Waals surface area contributed by atoms with E-state index in [1.807, 2.05) is 18.7 Å². The third-order valence-electron chi connectivity index (χ3n) is 4.88. The Morgan fingerprint density at radius 3 is 2.44 bits per heavy atom. The largest absolute Gasteiger partial charge is 0.455 e. The van der Waals surface area contributed by atoms with E-state index in [-0.39, 0.29) is 30.4 Å². The first kappa shape index (κ1) is 20.7. The smallest absolute Gasteiger partial charge is 0.309 e. The standard InChI is InChI=1S/C19H28N4O4/c1-3-15(4-2)22-17(24)12-27-19(26)13-7-9-23(10-8-13)16-6-5-14(11-21-16)18(20)25/h5-6,11,13,15H,3-4,7-10,12H2,1-2H3,(H2,20,25)(H,22,24). The van der Waals surface area contributed by atoms with E-state index in [2.05, 4.69) is 10.3 Å². The lowest BCUT2D eigenvalue weighted by Crippen LogP contribution is -2.40. The lowest BCUT2D eigenvalue weighted by molar-refractivity contribution is -0.153. The highest BCUT2D eigenvalue weighted by Crippen LogP contribution is 2.22. The zero-order chi connectivity index (χ0) is 19.8. The molecular weight excluding hydrogens is 348 g/mol. The van der Waals surface area contributed by atoms with Crippen LogP contribution in [0.15, 0.2) is 18.3 Å². The lowest BCUT2D eigenvalue weighted by atomic mass is 9.97. The molecule has 1 fully saturated rings. The molecule has 2 heterocycles. The maximum Gasteiger partial charge on any atom is 0.309 e. The number of anilines is 1. The van der Waals surface area contributed by atoms with Crippen LogP contribution < -0.4 is 16.0 Å². The molecule has 0 bridgehead atoms. The number of ether oxygens (including phenoxy) is 1. The van der Waals surface area contributed by atoms with Crippen LogP contribution in [0.3, 0.4) is 0 Å². The molecule has 2 rings (SSSR count). The van der Waals surface area contributed by atoms with Gasteiger partial charge in [0.05, 0.1) is 11.5 Å². The van der Waals surface area contributed by atoms with Crippen molar-refractivity contribution in [2.24, 2.45) is 11.7 Å². The third-order valence-corrected chi connectivity index (χ3v) is 4.88.